The fourth-order valence-electron chi connectivity index (χ4n) is 4.78. The van der Waals surface area contributed by atoms with Crippen molar-refractivity contribution in [3.05, 3.63) is 70.7 Å². The second-order valence-corrected chi connectivity index (χ2v) is 11.8. The Hall–Kier alpha value is -2.50. The van der Waals surface area contributed by atoms with E-state index in [1.165, 1.54) is 29.7 Å². The molecule has 2 aliphatic heterocycles. The van der Waals surface area contributed by atoms with E-state index in [1.54, 1.807) is 22.4 Å². The van der Waals surface area contributed by atoms with Gasteiger partial charge in [0.25, 0.3) is 10.0 Å². The van der Waals surface area contributed by atoms with Crippen molar-refractivity contribution in [3.8, 4) is 0 Å². The number of aromatic nitrogens is 1. The highest BCUT2D eigenvalue weighted by Gasteiger charge is 2.46. The molecule has 8 nitrogen and oxygen atoms in total. The molecule has 1 N–H and O–H groups in total. The van der Waals surface area contributed by atoms with Gasteiger partial charge in [-0.05, 0) is 55.3 Å². The molecule has 2 atom stereocenters. The van der Waals surface area contributed by atoms with Gasteiger partial charge in [0, 0.05) is 35.4 Å². The number of ether oxygens (including phenoxy) is 1. The first kappa shape index (κ1) is 24.2. The Balaban J connectivity index is 1.35. The largest absolute Gasteiger partial charge is 0.378 e. The molecule has 2 saturated heterocycles. The zero-order valence-corrected chi connectivity index (χ0v) is 21.4. The Morgan fingerprint density at radius 3 is 2.57 bits per heavy atom. The number of nitrogens with one attached hydrogen (secondary N) is 1. The number of thiazole rings is 1. The smallest absolute Gasteiger partial charge is 0.263 e. The Bertz CT molecular complexity index is 1300. The van der Waals surface area contributed by atoms with Crippen molar-refractivity contribution >= 4 is 49.7 Å². The highest BCUT2D eigenvalue weighted by molar-refractivity contribution is 7.93. The minimum Gasteiger partial charge on any atom is -0.378 e. The number of amides is 1. The van der Waals surface area contributed by atoms with Gasteiger partial charge in [0.15, 0.2) is 5.13 Å². The summed E-state index contributed by atoms with van der Waals surface area (Å²) in [7, 11) is -3.75. The van der Waals surface area contributed by atoms with Crippen molar-refractivity contribution in [2.24, 2.45) is 0 Å². The maximum absolute atomic E-state index is 13.6. The number of halogens is 1. The molecule has 2 aliphatic rings. The maximum atomic E-state index is 13.6. The lowest BCUT2D eigenvalue weighted by molar-refractivity contribution is -0.131. The van der Waals surface area contributed by atoms with E-state index in [0.29, 0.717) is 48.6 Å². The van der Waals surface area contributed by atoms with Gasteiger partial charge in [0.2, 0.25) is 5.91 Å². The summed E-state index contributed by atoms with van der Waals surface area (Å²) in [4.78, 5) is 21.6. The number of morpholine rings is 1. The number of hydrogen-bond donors (Lipinski definition) is 1. The number of nitrogens with zero attached hydrogens (tertiary/aromatic N) is 3. The number of anilines is 2. The third kappa shape index (κ3) is 4.68. The van der Waals surface area contributed by atoms with E-state index in [0.717, 1.165) is 5.56 Å². The second kappa shape index (κ2) is 9.51. The van der Waals surface area contributed by atoms with E-state index in [4.69, 9.17) is 16.3 Å². The summed E-state index contributed by atoms with van der Waals surface area (Å²) < 4.78 is 33.5. The third-order valence-electron chi connectivity index (χ3n) is 6.63. The van der Waals surface area contributed by atoms with Crippen LogP contribution in [0.4, 0.5) is 10.8 Å². The Kier molecular flexibility index (Phi) is 6.58. The van der Waals surface area contributed by atoms with E-state index in [-0.39, 0.29) is 16.8 Å². The first-order valence-electron chi connectivity index (χ1n) is 11.2. The van der Waals surface area contributed by atoms with E-state index in [9.17, 15) is 13.2 Å². The molecular formula is C24H25ClN4O4S2. The number of benzene rings is 2. The standard InChI is InChI=1S/C24H25ClN4O4S2/c1-24(17-2-4-18(25)5-3-17)16-33-14-13-29(24)21-10-12-28(22(21)30)19-6-8-20(9-7-19)35(31,32)27-23-26-11-15-34-23/h2-9,11,15,21H,10,12-14,16H2,1H3,(H,26,27)/t21-,24?/m1/s1. The normalized spacial score (nSPS) is 23.5. The average molecular weight is 533 g/mol. The van der Waals surface area contributed by atoms with Crippen LogP contribution in [0, 0.1) is 0 Å². The summed E-state index contributed by atoms with van der Waals surface area (Å²) in [6.07, 6.45) is 2.21. The van der Waals surface area contributed by atoms with E-state index in [1.807, 2.05) is 24.3 Å². The van der Waals surface area contributed by atoms with Gasteiger partial charge in [-0.3, -0.25) is 14.4 Å². The number of sulfonamides is 1. The summed E-state index contributed by atoms with van der Waals surface area (Å²) >= 11 is 7.30. The SMILES string of the molecule is CC1(c2ccc(Cl)cc2)COCCN1[C@@H]1CCN(c2ccc(S(=O)(=O)Nc3nccs3)cc2)C1=O. The first-order chi connectivity index (χ1) is 16.8. The Morgan fingerprint density at radius 2 is 1.89 bits per heavy atom. The molecule has 1 aromatic heterocycles. The van der Waals surface area contributed by atoms with Crippen LogP contribution in [0.5, 0.6) is 0 Å². The molecule has 11 heteroatoms. The van der Waals surface area contributed by atoms with E-state index in [2.05, 4.69) is 21.5 Å². The quantitative estimate of drug-likeness (QED) is 0.517. The van der Waals surface area contributed by atoms with Crippen molar-refractivity contribution in [2.75, 3.05) is 35.9 Å². The van der Waals surface area contributed by atoms with E-state index >= 15 is 0 Å². The third-order valence-corrected chi connectivity index (χ3v) is 9.05. The molecule has 3 heterocycles. The molecule has 2 aromatic carbocycles. The van der Waals surface area contributed by atoms with Gasteiger partial charge in [-0.2, -0.15) is 0 Å². The number of carbonyl (C=O) groups excluding carboxylic acids is 1. The minimum absolute atomic E-state index is 0.00334. The molecule has 35 heavy (non-hydrogen) atoms. The zero-order valence-electron chi connectivity index (χ0n) is 19.1. The Morgan fingerprint density at radius 1 is 1.14 bits per heavy atom. The number of hydrogen-bond acceptors (Lipinski definition) is 7. The van der Waals surface area contributed by atoms with Gasteiger partial charge in [0.05, 0.1) is 29.7 Å². The zero-order chi connectivity index (χ0) is 24.6. The van der Waals surface area contributed by atoms with Crippen molar-refractivity contribution in [1.82, 2.24) is 9.88 Å². The lowest BCUT2D eigenvalue weighted by Gasteiger charge is -2.47. The maximum Gasteiger partial charge on any atom is 0.263 e. The molecule has 0 aliphatic carbocycles. The molecule has 3 aromatic rings. The molecule has 2 fully saturated rings. The van der Waals surface area contributed by atoms with Gasteiger partial charge in [-0.1, -0.05) is 23.7 Å². The van der Waals surface area contributed by atoms with Gasteiger partial charge in [-0.25, -0.2) is 13.4 Å². The van der Waals surface area contributed by atoms with Crippen LogP contribution in [-0.4, -0.2) is 56.6 Å². The van der Waals surface area contributed by atoms with Crippen LogP contribution in [0.2, 0.25) is 5.02 Å². The fraction of sp³-hybridized carbons (Fsp3) is 0.333. The van der Waals surface area contributed by atoms with Crippen LogP contribution in [0.1, 0.15) is 18.9 Å². The van der Waals surface area contributed by atoms with Gasteiger partial charge in [0.1, 0.15) is 0 Å². The monoisotopic (exact) mass is 532 g/mol. The second-order valence-electron chi connectivity index (χ2n) is 8.76. The van der Waals surface area contributed by atoms with Crippen LogP contribution >= 0.6 is 22.9 Å². The van der Waals surface area contributed by atoms with Crippen LogP contribution in [0.15, 0.2) is 65.0 Å². The lowest BCUT2D eigenvalue weighted by atomic mass is 9.88. The summed E-state index contributed by atoms with van der Waals surface area (Å²) in [6, 6.07) is 13.8. The Labute approximate surface area is 213 Å². The topological polar surface area (TPSA) is 91.8 Å². The molecule has 1 amide bonds. The predicted octanol–water partition coefficient (Wildman–Crippen LogP) is 3.95. The average Bonchev–Trinajstić information content (AvgIpc) is 3.49. The fourth-order valence-corrected chi connectivity index (χ4v) is 6.70. The molecule has 5 rings (SSSR count). The van der Waals surface area contributed by atoms with Crippen LogP contribution in [0.3, 0.4) is 0 Å². The number of carbonyl (C=O) groups is 1. The van der Waals surface area contributed by atoms with E-state index < -0.39 is 15.6 Å². The molecule has 1 unspecified atom stereocenters. The van der Waals surface area contributed by atoms with Crippen molar-refractivity contribution in [3.63, 3.8) is 0 Å². The highest BCUT2D eigenvalue weighted by atomic mass is 35.5. The molecule has 0 saturated carbocycles. The van der Waals surface area contributed by atoms with Gasteiger partial charge in [-0.15, -0.1) is 11.3 Å². The van der Waals surface area contributed by atoms with Crippen molar-refractivity contribution < 1.29 is 17.9 Å². The van der Waals surface area contributed by atoms with Gasteiger partial charge >= 0.3 is 0 Å². The molecule has 0 spiro atoms. The highest BCUT2D eigenvalue weighted by Crippen LogP contribution is 2.37. The summed E-state index contributed by atoms with van der Waals surface area (Å²) in [5, 5.41) is 2.67. The van der Waals surface area contributed by atoms with Crippen LogP contribution in [0.25, 0.3) is 0 Å². The number of rotatable bonds is 6. The lowest BCUT2D eigenvalue weighted by Crippen LogP contribution is -2.58. The molecule has 0 bridgehead atoms. The summed E-state index contributed by atoms with van der Waals surface area (Å²) in [5.74, 6) is 0.00334. The van der Waals surface area contributed by atoms with Crippen LogP contribution < -0.4 is 9.62 Å². The molecule has 184 valence electrons. The van der Waals surface area contributed by atoms with Gasteiger partial charge < -0.3 is 9.64 Å². The first-order valence-corrected chi connectivity index (χ1v) is 14.0. The predicted molar refractivity (Wildman–Crippen MR) is 136 cm³/mol. The summed E-state index contributed by atoms with van der Waals surface area (Å²) in [6.45, 7) is 4.34. The molecular weight excluding hydrogens is 508 g/mol. The van der Waals surface area contributed by atoms with Crippen molar-refractivity contribution in [1.29, 1.82) is 0 Å². The van der Waals surface area contributed by atoms with Crippen LogP contribution in [-0.2, 0) is 25.1 Å². The van der Waals surface area contributed by atoms with Crippen molar-refractivity contribution in [2.45, 2.75) is 29.8 Å². The minimum atomic E-state index is -3.75. The summed E-state index contributed by atoms with van der Waals surface area (Å²) in [5.41, 5.74) is 1.26. The molecule has 0 radical (unpaired) electrons.